The first-order valence-corrected chi connectivity index (χ1v) is 9.37. The van der Waals surface area contributed by atoms with E-state index in [1.807, 2.05) is 61.5 Å². The van der Waals surface area contributed by atoms with Gasteiger partial charge in [-0.15, -0.1) is 0 Å². The molecule has 122 valence electrons. The number of anilines is 1. The summed E-state index contributed by atoms with van der Waals surface area (Å²) in [5, 5.41) is 0. The number of halogens is 1. The number of nitrogens with zero attached hydrogens (tertiary/aromatic N) is 1. The van der Waals surface area contributed by atoms with Gasteiger partial charge in [-0.1, -0.05) is 58.1 Å². The van der Waals surface area contributed by atoms with Crippen molar-refractivity contribution in [1.29, 1.82) is 0 Å². The SMILES string of the molecule is CCOc1ccc(Br)cc1/C=C1/SC(=S)N(c2ccccc2)C1=O. The molecule has 0 saturated carbocycles. The van der Waals surface area contributed by atoms with Crippen LogP contribution in [0.5, 0.6) is 5.75 Å². The second-order valence-electron chi connectivity index (χ2n) is 4.97. The van der Waals surface area contributed by atoms with Crippen LogP contribution in [0.2, 0.25) is 0 Å². The fourth-order valence-corrected chi connectivity index (χ4v) is 4.00. The van der Waals surface area contributed by atoms with E-state index < -0.39 is 0 Å². The fraction of sp³-hybridized carbons (Fsp3) is 0.111. The van der Waals surface area contributed by atoms with Gasteiger partial charge in [0, 0.05) is 10.0 Å². The van der Waals surface area contributed by atoms with E-state index in [-0.39, 0.29) is 5.91 Å². The van der Waals surface area contributed by atoms with E-state index >= 15 is 0 Å². The van der Waals surface area contributed by atoms with Gasteiger partial charge in [0.2, 0.25) is 0 Å². The summed E-state index contributed by atoms with van der Waals surface area (Å²) in [7, 11) is 0. The van der Waals surface area contributed by atoms with Crippen molar-refractivity contribution in [2.75, 3.05) is 11.5 Å². The van der Waals surface area contributed by atoms with Gasteiger partial charge in [0.1, 0.15) is 5.75 Å². The number of thiocarbonyl (C=S) groups is 1. The Morgan fingerprint density at radius 3 is 2.71 bits per heavy atom. The molecule has 1 aliphatic heterocycles. The second-order valence-corrected chi connectivity index (χ2v) is 7.56. The van der Waals surface area contributed by atoms with Crippen molar-refractivity contribution in [3.8, 4) is 5.75 Å². The maximum Gasteiger partial charge on any atom is 0.270 e. The molecule has 1 fully saturated rings. The molecule has 1 amide bonds. The molecule has 0 bridgehead atoms. The summed E-state index contributed by atoms with van der Waals surface area (Å²) in [6.45, 7) is 2.49. The monoisotopic (exact) mass is 419 g/mol. The van der Waals surface area contributed by atoms with Gasteiger partial charge in [0.15, 0.2) is 4.32 Å². The minimum atomic E-state index is -0.112. The van der Waals surface area contributed by atoms with Crippen molar-refractivity contribution >= 4 is 61.9 Å². The number of ether oxygens (including phenoxy) is 1. The highest BCUT2D eigenvalue weighted by molar-refractivity contribution is 9.10. The Balaban J connectivity index is 1.97. The molecule has 3 nitrogen and oxygen atoms in total. The number of thioether (sulfide) groups is 1. The van der Waals surface area contributed by atoms with Crippen molar-refractivity contribution in [2.45, 2.75) is 6.92 Å². The first-order chi connectivity index (χ1) is 11.6. The summed E-state index contributed by atoms with van der Waals surface area (Å²) < 4.78 is 7.10. The van der Waals surface area contributed by atoms with E-state index in [0.29, 0.717) is 15.8 Å². The molecular formula is C18H14BrNO2S2. The Morgan fingerprint density at radius 1 is 1.25 bits per heavy atom. The van der Waals surface area contributed by atoms with Gasteiger partial charge in [0.25, 0.3) is 5.91 Å². The van der Waals surface area contributed by atoms with Crippen LogP contribution in [0, 0.1) is 0 Å². The van der Waals surface area contributed by atoms with Crippen LogP contribution >= 0.6 is 39.9 Å². The van der Waals surface area contributed by atoms with Crippen LogP contribution in [0.4, 0.5) is 5.69 Å². The lowest BCUT2D eigenvalue weighted by atomic mass is 10.2. The van der Waals surface area contributed by atoms with Gasteiger partial charge < -0.3 is 4.74 Å². The zero-order chi connectivity index (χ0) is 17.1. The molecule has 0 radical (unpaired) electrons. The highest BCUT2D eigenvalue weighted by Crippen LogP contribution is 2.37. The molecule has 6 heteroatoms. The summed E-state index contributed by atoms with van der Waals surface area (Å²) in [6, 6.07) is 15.2. The highest BCUT2D eigenvalue weighted by Gasteiger charge is 2.33. The lowest BCUT2D eigenvalue weighted by molar-refractivity contribution is -0.113. The zero-order valence-electron chi connectivity index (χ0n) is 12.9. The topological polar surface area (TPSA) is 29.5 Å². The Hall–Kier alpha value is -1.63. The third-order valence-electron chi connectivity index (χ3n) is 3.37. The Bertz CT molecular complexity index is 821. The Morgan fingerprint density at radius 2 is 2.00 bits per heavy atom. The molecule has 2 aromatic carbocycles. The molecule has 0 aliphatic carbocycles. The lowest BCUT2D eigenvalue weighted by Gasteiger charge is -2.13. The summed E-state index contributed by atoms with van der Waals surface area (Å²) >= 11 is 10.2. The number of carbonyl (C=O) groups excluding carboxylic acids is 1. The molecule has 0 spiro atoms. The molecule has 1 aliphatic rings. The van der Waals surface area contributed by atoms with Crippen molar-refractivity contribution in [3.05, 3.63) is 63.5 Å². The van der Waals surface area contributed by atoms with Crippen LogP contribution in [0.1, 0.15) is 12.5 Å². The minimum absolute atomic E-state index is 0.112. The average molecular weight is 420 g/mol. The molecule has 0 aromatic heterocycles. The maximum absolute atomic E-state index is 12.8. The summed E-state index contributed by atoms with van der Waals surface area (Å²) in [4.78, 5) is 14.9. The number of para-hydroxylation sites is 1. The zero-order valence-corrected chi connectivity index (χ0v) is 16.1. The molecular weight excluding hydrogens is 406 g/mol. The van der Waals surface area contributed by atoms with Crippen molar-refractivity contribution in [2.24, 2.45) is 0 Å². The number of benzene rings is 2. The molecule has 0 atom stereocenters. The Kier molecular flexibility index (Phi) is 5.38. The fourth-order valence-electron chi connectivity index (χ4n) is 2.33. The molecule has 0 unspecified atom stereocenters. The van der Waals surface area contributed by atoms with Crippen LogP contribution in [-0.4, -0.2) is 16.8 Å². The van der Waals surface area contributed by atoms with E-state index in [4.69, 9.17) is 17.0 Å². The molecule has 2 aromatic rings. The van der Waals surface area contributed by atoms with Crippen LogP contribution < -0.4 is 9.64 Å². The number of carbonyl (C=O) groups is 1. The molecule has 0 N–H and O–H groups in total. The van der Waals surface area contributed by atoms with Crippen molar-refractivity contribution < 1.29 is 9.53 Å². The maximum atomic E-state index is 12.8. The van der Waals surface area contributed by atoms with Crippen LogP contribution in [0.15, 0.2) is 57.9 Å². The minimum Gasteiger partial charge on any atom is -0.493 e. The third kappa shape index (κ3) is 3.55. The standard InChI is InChI=1S/C18H14BrNO2S2/c1-2-22-15-9-8-13(19)10-12(15)11-16-17(21)20(18(23)24-16)14-6-4-3-5-7-14/h3-11H,2H2,1H3/b16-11+. The number of hydrogen-bond acceptors (Lipinski definition) is 4. The summed E-state index contributed by atoms with van der Waals surface area (Å²) in [6.07, 6.45) is 1.83. The molecule has 1 saturated heterocycles. The van der Waals surface area contributed by atoms with E-state index in [1.165, 1.54) is 11.8 Å². The smallest absolute Gasteiger partial charge is 0.270 e. The average Bonchev–Trinajstić information content (AvgIpc) is 2.85. The van der Waals surface area contributed by atoms with Crippen LogP contribution in [0.25, 0.3) is 6.08 Å². The first kappa shape index (κ1) is 17.2. The van der Waals surface area contributed by atoms with Crippen molar-refractivity contribution in [3.63, 3.8) is 0 Å². The lowest BCUT2D eigenvalue weighted by Crippen LogP contribution is -2.27. The van der Waals surface area contributed by atoms with Gasteiger partial charge in [0.05, 0.1) is 17.2 Å². The van der Waals surface area contributed by atoms with Gasteiger partial charge in [-0.2, -0.15) is 0 Å². The summed E-state index contributed by atoms with van der Waals surface area (Å²) in [5.41, 5.74) is 1.63. The third-order valence-corrected chi connectivity index (χ3v) is 5.16. The van der Waals surface area contributed by atoms with E-state index in [9.17, 15) is 4.79 Å². The first-order valence-electron chi connectivity index (χ1n) is 7.35. The predicted molar refractivity (Wildman–Crippen MR) is 107 cm³/mol. The largest absolute Gasteiger partial charge is 0.493 e. The van der Waals surface area contributed by atoms with Gasteiger partial charge in [-0.3, -0.25) is 9.69 Å². The van der Waals surface area contributed by atoms with Gasteiger partial charge in [-0.05, 0) is 43.3 Å². The summed E-state index contributed by atoms with van der Waals surface area (Å²) in [5.74, 6) is 0.629. The van der Waals surface area contributed by atoms with E-state index in [1.54, 1.807) is 4.90 Å². The quantitative estimate of drug-likeness (QED) is 0.499. The van der Waals surface area contributed by atoms with E-state index in [2.05, 4.69) is 15.9 Å². The highest BCUT2D eigenvalue weighted by atomic mass is 79.9. The molecule has 1 heterocycles. The number of amides is 1. The van der Waals surface area contributed by atoms with Crippen LogP contribution in [-0.2, 0) is 4.79 Å². The number of hydrogen-bond donors (Lipinski definition) is 0. The van der Waals surface area contributed by atoms with Crippen molar-refractivity contribution in [1.82, 2.24) is 0 Å². The van der Waals surface area contributed by atoms with E-state index in [0.717, 1.165) is 21.5 Å². The van der Waals surface area contributed by atoms with Gasteiger partial charge >= 0.3 is 0 Å². The van der Waals surface area contributed by atoms with Crippen LogP contribution in [0.3, 0.4) is 0 Å². The Labute approximate surface area is 158 Å². The second kappa shape index (κ2) is 7.51. The number of rotatable bonds is 4. The van der Waals surface area contributed by atoms with Gasteiger partial charge in [-0.25, -0.2) is 0 Å². The normalized spacial score (nSPS) is 16.1. The molecule has 24 heavy (non-hydrogen) atoms. The predicted octanol–water partition coefficient (Wildman–Crippen LogP) is 5.25. The molecule has 3 rings (SSSR count).